The minimum atomic E-state index is -0.0464. The summed E-state index contributed by atoms with van der Waals surface area (Å²) in [5, 5.41) is 9.38. The molecule has 2 aliphatic rings. The lowest BCUT2D eigenvalue weighted by Crippen LogP contribution is -2.36. The van der Waals surface area contributed by atoms with Gasteiger partial charge in [0.25, 0.3) is 0 Å². The van der Waals surface area contributed by atoms with E-state index in [0.717, 1.165) is 70.0 Å². The van der Waals surface area contributed by atoms with Crippen molar-refractivity contribution in [1.82, 2.24) is 16.0 Å². The highest BCUT2D eigenvalue weighted by atomic mass is 32.2. The monoisotopic (exact) mass is 730 g/mol. The van der Waals surface area contributed by atoms with Crippen LogP contribution in [0.15, 0.2) is 0 Å². The summed E-state index contributed by atoms with van der Waals surface area (Å²) in [5.74, 6) is 13.8. The number of nitrogens with one attached hydrogen (secondary N) is 3. The van der Waals surface area contributed by atoms with E-state index < -0.39 is 0 Å². The number of ether oxygens (including phenoxy) is 2. The van der Waals surface area contributed by atoms with Crippen LogP contribution >= 0.6 is 11.8 Å². The van der Waals surface area contributed by atoms with Gasteiger partial charge >= 0.3 is 6.03 Å². The Morgan fingerprint density at radius 3 is 1.92 bits per heavy atom. The third kappa shape index (κ3) is 25.4. The van der Waals surface area contributed by atoms with Gasteiger partial charge in [-0.1, -0.05) is 109 Å². The van der Waals surface area contributed by atoms with Crippen LogP contribution in [0.4, 0.5) is 4.79 Å². The molecule has 51 heavy (non-hydrogen) atoms. The molecule has 2 heterocycles. The molecule has 0 saturated carbocycles. The summed E-state index contributed by atoms with van der Waals surface area (Å²) in [6.07, 6.45) is 27.6. The largest absolute Gasteiger partial charge is 0.379 e. The smallest absolute Gasteiger partial charge is 0.315 e. The number of hydrogen-bond donors (Lipinski definition) is 3. The lowest BCUT2D eigenvalue weighted by atomic mass is 10.0. The van der Waals surface area contributed by atoms with Gasteiger partial charge in [0.15, 0.2) is 0 Å². The number of fused-ring (bicyclic) bond motifs is 1. The zero-order chi connectivity index (χ0) is 36.5. The Hall–Kier alpha value is -2.20. The molecule has 0 radical (unpaired) electrons. The van der Waals surface area contributed by atoms with Crippen molar-refractivity contribution in [2.24, 2.45) is 0 Å². The van der Waals surface area contributed by atoms with E-state index in [4.69, 9.17) is 9.47 Å². The number of ketones is 1. The van der Waals surface area contributed by atoms with Gasteiger partial charge < -0.3 is 25.4 Å². The van der Waals surface area contributed by atoms with Crippen LogP contribution in [0.2, 0.25) is 0 Å². The molecule has 0 spiro atoms. The van der Waals surface area contributed by atoms with Gasteiger partial charge in [-0.2, -0.15) is 11.8 Å². The van der Waals surface area contributed by atoms with E-state index in [0.29, 0.717) is 63.3 Å². The molecule has 2 saturated heterocycles. The van der Waals surface area contributed by atoms with Gasteiger partial charge in [-0.3, -0.25) is 9.59 Å². The minimum absolute atomic E-state index is 0.0464. The molecule has 0 aromatic carbocycles. The molecular weight excluding hydrogens is 659 g/mol. The number of amides is 3. The van der Waals surface area contributed by atoms with Gasteiger partial charge in [-0.15, -0.1) is 0 Å². The molecule has 0 aromatic rings. The molecule has 290 valence electrons. The molecule has 0 aliphatic carbocycles. The molecule has 3 atom stereocenters. The van der Waals surface area contributed by atoms with Crippen LogP contribution in [0, 0.1) is 23.7 Å². The van der Waals surface area contributed by atoms with Crippen molar-refractivity contribution in [2.45, 2.75) is 185 Å². The number of carbonyl (C=O) groups is 3. The molecule has 2 rings (SSSR count). The minimum Gasteiger partial charge on any atom is -0.379 e. The number of urea groups is 1. The third-order valence-corrected chi connectivity index (χ3v) is 11.2. The summed E-state index contributed by atoms with van der Waals surface area (Å²) in [7, 11) is 0. The van der Waals surface area contributed by atoms with Crippen LogP contribution in [0.5, 0.6) is 0 Å². The molecule has 8 nitrogen and oxygen atoms in total. The summed E-state index contributed by atoms with van der Waals surface area (Å²) >= 11 is 1.92. The maximum absolute atomic E-state index is 12.2. The Labute approximate surface area is 315 Å². The fourth-order valence-electron chi connectivity index (χ4n) is 6.60. The van der Waals surface area contributed by atoms with Crippen molar-refractivity contribution in [3.63, 3.8) is 0 Å². The van der Waals surface area contributed by atoms with Crippen LogP contribution in [0.3, 0.4) is 0 Å². The highest BCUT2D eigenvalue weighted by molar-refractivity contribution is 8.00. The first-order valence-electron chi connectivity index (χ1n) is 20.7. The fourth-order valence-corrected chi connectivity index (χ4v) is 8.14. The van der Waals surface area contributed by atoms with Gasteiger partial charge in [0.1, 0.15) is 5.78 Å². The van der Waals surface area contributed by atoms with Crippen molar-refractivity contribution in [3.8, 4) is 23.7 Å². The van der Waals surface area contributed by atoms with Gasteiger partial charge in [0.05, 0.1) is 31.9 Å². The molecule has 0 aromatic heterocycles. The summed E-state index contributed by atoms with van der Waals surface area (Å²) in [6.45, 7) is 4.81. The third-order valence-electron chi connectivity index (χ3n) is 9.67. The number of carbonyl (C=O) groups excluding carboxylic acids is 3. The van der Waals surface area contributed by atoms with E-state index in [9.17, 15) is 14.4 Å². The summed E-state index contributed by atoms with van der Waals surface area (Å²) in [6, 6.07) is 0.457. The van der Waals surface area contributed by atoms with E-state index in [2.05, 4.69) is 46.6 Å². The maximum Gasteiger partial charge on any atom is 0.315 e. The molecule has 2 aliphatic heterocycles. The second kappa shape index (κ2) is 32.5. The number of Topliss-reactive ketones (excluding diaryl/α,β-unsaturated/α-hetero) is 1. The summed E-state index contributed by atoms with van der Waals surface area (Å²) < 4.78 is 11.1. The molecule has 2 fully saturated rings. The lowest BCUT2D eigenvalue weighted by Gasteiger charge is -2.16. The van der Waals surface area contributed by atoms with Crippen LogP contribution in [-0.2, 0) is 19.1 Å². The quantitative estimate of drug-likeness (QED) is 0.0355. The van der Waals surface area contributed by atoms with Gasteiger partial charge in [-0.25, -0.2) is 4.79 Å². The molecule has 0 bridgehead atoms. The fraction of sp³-hybridized carbons (Fsp3) is 0.833. The Bertz CT molecular complexity index is 1050. The zero-order valence-corrected chi connectivity index (χ0v) is 32.9. The highest BCUT2D eigenvalue weighted by Gasteiger charge is 2.42. The van der Waals surface area contributed by atoms with Crippen molar-refractivity contribution >= 4 is 29.5 Å². The average Bonchev–Trinajstić information content (AvgIpc) is 3.68. The van der Waals surface area contributed by atoms with E-state index >= 15 is 0 Å². The number of thioether (sulfide) groups is 1. The predicted molar refractivity (Wildman–Crippen MR) is 212 cm³/mol. The topological polar surface area (TPSA) is 106 Å². The van der Waals surface area contributed by atoms with Crippen LogP contribution < -0.4 is 16.0 Å². The first-order valence-corrected chi connectivity index (χ1v) is 21.7. The van der Waals surface area contributed by atoms with E-state index in [1.807, 2.05) is 11.8 Å². The maximum atomic E-state index is 12.2. The van der Waals surface area contributed by atoms with Crippen molar-refractivity contribution in [2.75, 3.05) is 38.7 Å². The number of rotatable bonds is 33. The molecule has 3 unspecified atom stereocenters. The van der Waals surface area contributed by atoms with Crippen molar-refractivity contribution in [1.29, 1.82) is 0 Å². The van der Waals surface area contributed by atoms with Crippen molar-refractivity contribution < 1.29 is 23.9 Å². The normalized spacial score (nSPS) is 17.5. The van der Waals surface area contributed by atoms with Crippen LogP contribution in [-0.4, -0.2) is 73.8 Å². The first-order chi connectivity index (χ1) is 25.1. The summed E-state index contributed by atoms with van der Waals surface area (Å²) in [5.41, 5.74) is 0. The Morgan fingerprint density at radius 1 is 0.686 bits per heavy atom. The Balaban J connectivity index is 1.23. The SMILES string of the molecule is CCCCCCCCCCCCC#CC#CCCCCCCCCC(=O)NCCOCCOCCCC(=O)CCCCC1SCC2NC(=O)NC21. The average molecular weight is 730 g/mol. The zero-order valence-electron chi connectivity index (χ0n) is 32.1. The van der Waals surface area contributed by atoms with E-state index in [1.165, 1.54) is 77.0 Å². The number of unbranched alkanes of at least 4 members (excludes halogenated alkanes) is 17. The first kappa shape index (κ1) is 45.0. The predicted octanol–water partition coefficient (Wildman–Crippen LogP) is 8.65. The van der Waals surface area contributed by atoms with E-state index in [-0.39, 0.29) is 24.0 Å². The van der Waals surface area contributed by atoms with E-state index in [1.54, 1.807) is 0 Å². The standard InChI is InChI=1S/C42H71N3O5S/c1-2-3-4-5-6-7-8-9-10-11-12-13-14-15-16-17-18-19-20-21-22-23-30-40(47)43-31-33-50-35-34-49-32-26-28-37(46)27-24-25-29-39-41-38(36-51-39)44-42(48)45-41/h38-39,41H,2-12,17-36H2,1H3,(H,43,47)(H2,44,45,48). The molecule has 3 N–H and O–H groups in total. The van der Waals surface area contributed by atoms with Crippen LogP contribution in [0.1, 0.15) is 167 Å². The van der Waals surface area contributed by atoms with Crippen LogP contribution in [0.25, 0.3) is 0 Å². The highest BCUT2D eigenvalue weighted by Crippen LogP contribution is 2.33. The summed E-state index contributed by atoms with van der Waals surface area (Å²) in [4.78, 5) is 35.7. The molecule has 9 heteroatoms. The van der Waals surface area contributed by atoms with Gasteiger partial charge in [-0.05, 0) is 50.4 Å². The van der Waals surface area contributed by atoms with Gasteiger partial charge in [0, 0.05) is 56.3 Å². The second-order valence-electron chi connectivity index (χ2n) is 14.2. The second-order valence-corrected chi connectivity index (χ2v) is 15.5. The van der Waals surface area contributed by atoms with Gasteiger partial charge in [0.2, 0.25) is 5.91 Å². The molecular formula is C42H71N3O5S. The lowest BCUT2D eigenvalue weighted by molar-refractivity contribution is -0.121. The number of hydrogen-bond acceptors (Lipinski definition) is 6. The Morgan fingerprint density at radius 2 is 1.25 bits per heavy atom. The molecule has 3 amide bonds. The Kier molecular flexibility index (Phi) is 28.6. The van der Waals surface area contributed by atoms with Crippen molar-refractivity contribution in [3.05, 3.63) is 0 Å².